The van der Waals surface area contributed by atoms with Gasteiger partial charge in [0.1, 0.15) is 18.1 Å². The summed E-state index contributed by atoms with van der Waals surface area (Å²) in [5.41, 5.74) is 5.48. The van der Waals surface area contributed by atoms with Crippen LogP contribution < -0.4 is 10.5 Å². The van der Waals surface area contributed by atoms with E-state index in [2.05, 4.69) is 18.0 Å². The normalized spacial score (nSPS) is 10.8. The Morgan fingerprint density at radius 1 is 1.23 bits per heavy atom. The van der Waals surface area contributed by atoms with Gasteiger partial charge in [0.25, 0.3) is 10.3 Å². The molecule has 0 aliphatic heterocycles. The molecule has 0 spiro atoms. The average Bonchev–Trinajstić information content (AvgIpc) is 2.59. The second-order valence-electron chi connectivity index (χ2n) is 5.45. The number of rotatable bonds is 8. The monoisotopic (exact) mass is 400 g/mol. The number of Topliss-reactive ketones (excluding diaryl/α,β-unsaturated/α-hetero) is 1. The first-order valence-electron chi connectivity index (χ1n) is 8.28. The first-order chi connectivity index (χ1) is 12.2. The fourth-order valence-electron chi connectivity index (χ4n) is 2.11. The van der Waals surface area contributed by atoms with Gasteiger partial charge in [0.2, 0.25) is 0 Å². The van der Waals surface area contributed by atoms with Crippen LogP contribution in [0.1, 0.15) is 26.3 Å². The zero-order valence-corrected chi connectivity index (χ0v) is 17.4. The van der Waals surface area contributed by atoms with Crippen molar-refractivity contribution in [1.29, 1.82) is 0 Å². The van der Waals surface area contributed by atoms with Crippen molar-refractivity contribution in [3.8, 4) is 5.75 Å². The molecule has 0 radical (unpaired) electrons. The first-order valence-corrected chi connectivity index (χ1v) is 9.10. The number of aliphatic hydroxyl groups excluding tert-OH is 1. The minimum absolute atomic E-state index is 0.109. The lowest BCUT2D eigenvalue weighted by atomic mass is 9.97. The molecule has 0 aliphatic carbocycles. The van der Waals surface area contributed by atoms with Crippen molar-refractivity contribution in [2.45, 2.75) is 27.2 Å². The number of thiocarbonyl (C=S) groups is 2. The number of carbonyl (C=O) groups excluding carboxylic acids is 1. The quantitative estimate of drug-likeness (QED) is 0.645. The highest BCUT2D eigenvalue weighted by Gasteiger charge is 2.18. The molecule has 1 aromatic carbocycles. The Kier molecular flexibility index (Phi) is 12.3. The van der Waals surface area contributed by atoms with Crippen molar-refractivity contribution in [2.24, 2.45) is 11.7 Å². The zero-order valence-electron chi connectivity index (χ0n) is 15.7. The third-order valence-corrected chi connectivity index (χ3v) is 4.02. The summed E-state index contributed by atoms with van der Waals surface area (Å²) in [6.45, 7) is 7.57. The minimum atomic E-state index is -0.500. The molecular weight excluding hydrogens is 372 g/mol. The number of benzene rings is 1. The van der Waals surface area contributed by atoms with Crippen LogP contribution in [0.3, 0.4) is 0 Å². The van der Waals surface area contributed by atoms with Crippen molar-refractivity contribution in [3.63, 3.8) is 0 Å². The van der Waals surface area contributed by atoms with E-state index in [-0.39, 0.29) is 11.7 Å². The topological polar surface area (TPSA) is 85.0 Å². The molecule has 0 saturated carbocycles. The lowest BCUT2D eigenvalue weighted by molar-refractivity contribution is -0.121. The molecule has 1 aromatic rings. The maximum absolute atomic E-state index is 11.8. The predicted molar refractivity (Wildman–Crippen MR) is 112 cm³/mol. The maximum atomic E-state index is 11.8. The Labute approximate surface area is 166 Å². The van der Waals surface area contributed by atoms with Gasteiger partial charge < -0.3 is 25.2 Å². The summed E-state index contributed by atoms with van der Waals surface area (Å²) in [6, 6.07) is 7.73. The van der Waals surface area contributed by atoms with Gasteiger partial charge in [-0.05, 0) is 69.3 Å². The summed E-state index contributed by atoms with van der Waals surface area (Å²) >= 11 is 9.12. The number of hydrogen-bond donors (Lipinski definition) is 2. The zero-order chi connectivity index (χ0) is 20.1. The highest BCUT2D eigenvalue weighted by Crippen LogP contribution is 2.16. The van der Waals surface area contributed by atoms with Gasteiger partial charge in [0.15, 0.2) is 0 Å². The molecule has 0 bridgehead atoms. The predicted octanol–water partition coefficient (Wildman–Crippen LogP) is 2.87. The van der Waals surface area contributed by atoms with Crippen LogP contribution in [0.4, 0.5) is 0 Å². The van der Waals surface area contributed by atoms with Gasteiger partial charge in [-0.3, -0.25) is 4.79 Å². The molecule has 8 heteroatoms. The molecule has 0 amide bonds. The summed E-state index contributed by atoms with van der Waals surface area (Å²) in [6.07, 6.45) is 0.639. The Morgan fingerprint density at radius 3 is 2.12 bits per heavy atom. The van der Waals surface area contributed by atoms with Gasteiger partial charge >= 0.3 is 0 Å². The van der Waals surface area contributed by atoms with E-state index in [1.54, 1.807) is 14.0 Å². The van der Waals surface area contributed by atoms with Gasteiger partial charge in [-0.1, -0.05) is 12.1 Å². The summed E-state index contributed by atoms with van der Waals surface area (Å²) in [7, 11) is 1.63. The number of nitrogens with zero attached hydrogens (tertiary/aromatic N) is 1. The van der Waals surface area contributed by atoms with Crippen LogP contribution in [0.25, 0.3) is 0 Å². The van der Waals surface area contributed by atoms with E-state index >= 15 is 0 Å². The van der Waals surface area contributed by atoms with Crippen LogP contribution in [0.2, 0.25) is 0 Å². The van der Waals surface area contributed by atoms with Gasteiger partial charge in [-0.25, -0.2) is 0 Å². The number of aliphatic hydroxyl groups is 1. The minimum Gasteiger partial charge on any atom is -0.497 e. The molecule has 0 saturated heterocycles. The van der Waals surface area contributed by atoms with Crippen molar-refractivity contribution in [3.05, 3.63) is 29.8 Å². The number of nitrogens with two attached hydrogens (primary N) is 1. The fourth-order valence-corrected chi connectivity index (χ4v) is 2.44. The molecular formula is C18H28N2O4S2. The van der Waals surface area contributed by atoms with E-state index in [0.717, 1.165) is 24.4 Å². The second-order valence-corrected chi connectivity index (χ2v) is 6.21. The molecule has 1 atom stereocenters. The van der Waals surface area contributed by atoms with Crippen LogP contribution >= 0.6 is 24.4 Å². The molecule has 1 rings (SSSR count). The number of ether oxygens (including phenoxy) is 2. The molecule has 0 aromatic heterocycles. The molecule has 6 nitrogen and oxygen atoms in total. The number of ketones is 1. The van der Waals surface area contributed by atoms with Crippen molar-refractivity contribution >= 4 is 40.6 Å². The van der Waals surface area contributed by atoms with Crippen molar-refractivity contribution in [2.75, 3.05) is 26.8 Å². The van der Waals surface area contributed by atoms with E-state index in [1.807, 2.05) is 43.0 Å². The van der Waals surface area contributed by atoms with Crippen LogP contribution in [0.15, 0.2) is 24.3 Å². The van der Waals surface area contributed by atoms with Gasteiger partial charge in [-0.2, -0.15) is 0 Å². The third kappa shape index (κ3) is 10.1. The fraction of sp³-hybridized carbons (Fsp3) is 0.500. The number of methoxy groups -OCH3 is 1. The Hall–Kier alpha value is -1.93. The Balaban J connectivity index is 0.00000141. The highest BCUT2D eigenvalue weighted by molar-refractivity contribution is 7.80. The van der Waals surface area contributed by atoms with Crippen LogP contribution in [0.5, 0.6) is 5.75 Å². The van der Waals surface area contributed by atoms with Gasteiger partial charge in [0, 0.05) is 13.1 Å². The molecule has 3 N–H and O–H groups in total. The van der Waals surface area contributed by atoms with Gasteiger partial charge in [0.05, 0.1) is 13.0 Å². The molecule has 0 heterocycles. The molecule has 0 aliphatic rings. The maximum Gasteiger partial charge on any atom is 0.259 e. The van der Waals surface area contributed by atoms with Crippen LogP contribution in [-0.4, -0.2) is 52.9 Å². The van der Waals surface area contributed by atoms with Crippen molar-refractivity contribution < 1.29 is 19.4 Å². The number of carbonyl (C=O) groups is 1. The Morgan fingerprint density at radius 2 is 1.73 bits per heavy atom. The number of hydrogen-bond acceptors (Lipinski definition) is 5. The average molecular weight is 401 g/mol. The lowest BCUT2D eigenvalue weighted by Gasteiger charge is -2.23. The summed E-state index contributed by atoms with van der Waals surface area (Å²) in [5, 5.41) is 7.53. The van der Waals surface area contributed by atoms with Gasteiger partial charge in [-0.15, -0.1) is 0 Å². The Bertz CT molecular complexity index is 571. The summed E-state index contributed by atoms with van der Waals surface area (Å²) < 4.78 is 10.8. The molecule has 1 unspecified atom stereocenters. The molecule has 0 fully saturated rings. The standard InChI is InChI=1S/C17H25NO3S.CH3NOS/c1-5-18(6-2)17(22)21-12-15(13(3)19)11-14-7-9-16(20-4)10-8-14;2-1(3)4/h7-10,15H,5-6,11-12H2,1-4H3;(H3,2,3,4). The second kappa shape index (κ2) is 13.3. The summed E-state index contributed by atoms with van der Waals surface area (Å²) in [5.74, 6) is 0.724. The van der Waals surface area contributed by atoms with E-state index in [0.29, 0.717) is 18.2 Å². The summed E-state index contributed by atoms with van der Waals surface area (Å²) in [4.78, 5) is 13.8. The SMILES string of the molecule is CCN(CC)C(=S)OCC(Cc1ccc(OC)cc1)C(C)=O.NC(O)=S. The first kappa shape index (κ1) is 24.1. The highest BCUT2D eigenvalue weighted by atomic mass is 32.1. The van der Waals surface area contributed by atoms with E-state index in [9.17, 15) is 4.79 Å². The third-order valence-electron chi connectivity index (χ3n) is 3.65. The van der Waals surface area contributed by atoms with Crippen LogP contribution in [0, 0.1) is 5.92 Å². The molecule has 26 heavy (non-hydrogen) atoms. The largest absolute Gasteiger partial charge is 0.497 e. The van der Waals surface area contributed by atoms with E-state index in [4.69, 9.17) is 26.8 Å². The van der Waals surface area contributed by atoms with E-state index < -0.39 is 5.17 Å². The molecule has 146 valence electrons. The van der Waals surface area contributed by atoms with Crippen molar-refractivity contribution in [1.82, 2.24) is 4.90 Å². The smallest absolute Gasteiger partial charge is 0.259 e. The van der Waals surface area contributed by atoms with E-state index in [1.165, 1.54) is 0 Å². The lowest BCUT2D eigenvalue weighted by Crippen LogP contribution is -2.33. The van der Waals surface area contributed by atoms with Crippen LogP contribution in [-0.2, 0) is 16.0 Å².